The number of halogens is 2. The Labute approximate surface area is 109 Å². The Kier molecular flexibility index (Phi) is 3.64. The third-order valence-corrected chi connectivity index (χ3v) is 3.48. The number of anilines is 1. The lowest BCUT2D eigenvalue weighted by Crippen LogP contribution is -1.86. The highest BCUT2D eigenvalue weighted by molar-refractivity contribution is 7.99. The highest BCUT2D eigenvalue weighted by Gasteiger charge is 2.03. The smallest absolute Gasteiger partial charge is 0.0455 e. The average Bonchev–Trinajstić information content (AvgIpc) is 2.20. The molecular weight excluding hydrogens is 261 g/mol. The SMILES string of the molecule is Nc1ccccc1Sc1cc(Cl)cc(Cl)c1. The molecule has 0 aromatic heterocycles. The third kappa shape index (κ3) is 2.85. The molecule has 0 bridgehead atoms. The van der Waals surface area contributed by atoms with Crippen LogP contribution >= 0.6 is 35.0 Å². The van der Waals surface area contributed by atoms with Crippen LogP contribution in [-0.2, 0) is 0 Å². The number of benzene rings is 2. The van der Waals surface area contributed by atoms with Gasteiger partial charge < -0.3 is 5.73 Å². The number of rotatable bonds is 2. The van der Waals surface area contributed by atoms with E-state index in [1.54, 1.807) is 17.8 Å². The van der Waals surface area contributed by atoms with Gasteiger partial charge in [0.2, 0.25) is 0 Å². The van der Waals surface area contributed by atoms with Gasteiger partial charge >= 0.3 is 0 Å². The number of nitrogens with two attached hydrogens (primary N) is 1. The van der Waals surface area contributed by atoms with Gasteiger partial charge in [-0.25, -0.2) is 0 Å². The Morgan fingerprint density at radius 1 is 0.938 bits per heavy atom. The van der Waals surface area contributed by atoms with Crippen LogP contribution < -0.4 is 5.73 Å². The molecule has 0 radical (unpaired) electrons. The summed E-state index contributed by atoms with van der Waals surface area (Å²) in [7, 11) is 0. The molecule has 82 valence electrons. The van der Waals surface area contributed by atoms with Crippen molar-refractivity contribution >= 4 is 40.7 Å². The molecule has 0 heterocycles. The highest BCUT2D eigenvalue weighted by Crippen LogP contribution is 2.34. The molecule has 0 atom stereocenters. The van der Waals surface area contributed by atoms with Crippen LogP contribution in [0.25, 0.3) is 0 Å². The van der Waals surface area contributed by atoms with Crippen molar-refractivity contribution in [2.45, 2.75) is 9.79 Å². The van der Waals surface area contributed by atoms with E-state index in [0.717, 1.165) is 15.5 Å². The zero-order valence-corrected chi connectivity index (χ0v) is 10.6. The van der Waals surface area contributed by atoms with Crippen LogP contribution in [0.15, 0.2) is 52.3 Å². The Morgan fingerprint density at radius 3 is 2.19 bits per heavy atom. The van der Waals surface area contributed by atoms with Crippen molar-refractivity contribution in [2.75, 3.05) is 5.73 Å². The maximum absolute atomic E-state index is 5.93. The van der Waals surface area contributed by atoms with Gasteiger partial charge in [0.15, 0.2) is 0 Å². The minimum Gasteiger partial charge on any atom is -0.398 e. The monoisotopic (exact) mass is 269 g/mol. The first kappa shape index (κ1) is 11.6. The quantitative estimate of drug-likeness (QED) is 0.798. The first-order valence-corrected chi connectivity index (χ1v) is 6.21. The van der Waals surface area contributed by atoms with Crippen molar-refractivity contribution < 1.29 is 0 Å². The second-order valence-electron chi connectivity index (χ2n) is 3.25. The minimum absolute atomic E-state index is 0.629. The van der Waals surface area contributed by atoms with Crippen molar-refractivity contribution in [3.63, 3.8) is 0 Å². The molecule has 0 saturated carbocycles. The molecule has 2 aromatic rings. The van der Waals surface area contributed by atoms with E-state index in [0.29, 0.717) is 10.0 Å². The van der Waals surface area contributed by atoms with Crippen LogP contribution in [0.5, 0.6) is 0 Å². The second kappa shape index (κ2) is 5.00. The molecule has 2 N–H and O–H groups in total. The topological polar surface area (TPSA) is 26.0 Å². The standard InChI is InChI=1S/C12H9Cl2NS/c13-8-5-9(14)7-10(6-8)16-12-4-2-1-3-11(12)15/h1-7H,15H2. The van der Waals surface area contributed by atoms with Gasteiger partial charge in [0.1, 0.15) is 0 Å². The molecule has 2 rings (SSSR count). The molecule has 1 nitrogen and oxygen atoms in total. The van der Waals surface area contributed by atoms with Crippen LogP contribution in [0, 0.1) is 0 Å². The van der Waals surface area contributed by atoms with E-state index >= 15 is 0 Å². The predicted molar refractivity (Wildman–Crippen MR) is 71.4 cm³/mol. The lowest BCUT2D eigenvalue weighted by molar-refractivity contribution is 1.41. The lowest BCUT2D eigenvalue weighted by atomic mass is 10.3. The predicted octanol–water partition coefficient (Wildman–Crippen LogP) is 4.73. The minimum atomic E-state index is 0.629. The van der Waals surface area contributed by atoms with Crippen LogP contribution in [0.4, 0.5) is 5.69 Å². The lowest BCUT2D eigenvalue weighted by Gasteiger charge is -2.05. The Balaban J connectivity index is 2.30. The molecule has 16 heavy (non-hydrogen) atoms. The van der Waals surface area contributed by atoms with Crippen LogP contribution in [-0.4, -0.2) is 0 Å². The third-order valence-electron chi connectivity index (χ3n) is 1.98. The zero-order valence-electron chi connectivity index (χ0n) is 8.28. The molecule has 0 aliphatic carbocycles. The summed E-state index contributed by atoms with van der Waals surface area (Å²) in [5.74, 6) is 0. The molecule has 0 fully saturated rings. The Morgan fingerprint density at radius 2 is 1.56 bits per heavy atom. The number of nitrogen functional groups attached to an aromatic ring is 1. The van der Waals surface area contributed by atoms with E-state index in [2.05, 4.69) is 0 Å². The van der Waals surface area contributed by atoms with E-state index < -0.39 is 0 Å². The highest BCUT2D eigenvalue weighted by atomic mass is 35.5. The van der Waals surface area contributed by atoms with E-state index in [1.807, 2.05) is 36.4 Å². The maximum Gasteiger partial charge on any atom is 0.0455 e. The fourth-order valence-corrected chi connectivity index (χ4v) is 2.90. The van der Waals surface area contributed by atoms with Gasteiger partial charge in [-0.1, -0.05) is 47.1 Å². The summed E-state index contributed by atoms with van der Waals surface area (Å²) >= 11 is 13.4. The van der Waals surface area contributed by atoms with Crippen molar-refractivity contribution in [1.29, 1.82) is 0 Å². The van der Waals surface area contributed by atoms with Gasteiger partial charge in [0.25, 0.3) is 0 Å². The van der Waals surface area contributed by atoms with Gasteiger partial charge in [0.05, 0.1) is 0 Å². The molecule has 0 unspecified atom stereocenters. The Hall–Kier alpha value is -0.830. The van der Waals surface area contributed by atoms with Crippen molar-refractivity contribution in [2.24, 2.45) is 0 Å². The van der Waals surface area contributed by atoms with Gasteiger partial charge in [0, 0.05) is 25.5 Å². The summed E-state index contributed by atoms with van der Waals surface area (Å²) in [6.45, 7) is 0. The number of para-hydroxylation sites is 1. The van der Waals surface area contributed by atoms with E-state index in [4.69, 9.17) is 28.9 Å². The summed E-state index contributed by atoms with van der Waals surface area (Å²) in [6.07, 6.45) is 0. The summed E-state index contributed by atoms with van der Waals surface area (Å²) in [5.41, 5.74) is 6.61. The molecule has 0 amide bonds. The molecule has 0 spiro atoms. The molecule has 4 heteroatoms. The van der Waals surface area contributed by atoms with Crippen molar-refractivity contribution in [1.82, 2.24) is 0 Å². The summed E-state index contributed by atoms with van der Waals surface area (Å²) in [5, 5.41) is 1.26. The second-order valence-corrected chi connectivity index (χ2v) is 5.23. The summed E-state index contributed by atoms with van der Waals surface area (Å²) in [4.78, 5) is 1.98. The van der Waals surface area contributed by atoms with Gasteiger partial charge in [-0.2, -0.15) is 0 Å². The van der Waals surface area contributed by atoms with Gasteiger partial charge in [-0.15, -0.1) is 0 Å². The van der Waals surface area contributed by atoms with Gasteiger partial charge in [-0.05, 0) is 30.3 Å². The van der Waals surface area contributed by atoms with Crippen LogP contribution in [0.1, 0.15) is 0 Å². The van der Waals surface area contributed by atoms with Gasteiger partial charge in [-0.3, -0.25) is 0 Å². The fraction of sp³-hybridized carbons (Fsp3) is 0. The zero-order chi connectivity index (χ0) is 11.5. The number of hydrogen-bond acceptors (Lipinski definition) is 2. The summed E-state index contributed by atoms with van der Waals surface area (Å²) in [6, 6.07) is 13.1. The number of hydrogen-bond donors (Lipinski definition) is 1. The maximum atomic E-state index is 5.93. The largest absolute Gasteiger partial charge is 0.398 e. The first-order valence-electron chi connectivity index (χ1n) is 4.63. The van der Waals surface area contributed by atoms with E-state index in [1.165, 1.54) is 0 Å². The van der Waals surface area contributed by atoms with Crippen molar-refractivity contribution in [3.05, 3.63) is 52.5 Å². The van der Waals surface area contributed by atoms with E-state index in [-0.39, 0.29) is 0 Å². The fourth-order valence-electron chi connectivity index (χ4n) is 1.29. The average molecular weight is 270 g/mol. The van der Waals surface area contributed by atoms with Crippen LogP contribution in [0.2, 0.25) is 10.0 Å². The molecular formula is C12H9Cl2NS. The van der Waals surface area contributed by atoms with Crippen molar-refractivity contribution in [3.8, 4) is 0 Å². The summed E-state index contributed by atoms with van der Waals surface area (Å²) < 4.78 is 0. The molecule has 0 saturated heterocycles. The Bertz CT molecular complexity index is 494. The molecule has 2 aromatic carbocycles. The molecule has 0 aliphatic heterocycles. The normalized spacial score (nSPS) is 10.4. The van der Waals surface area contributed by atoms with Crippen LogP contribution in [0.3, 0.4) is 0 Å². The van der Waals surface area contributed by atoms with E-state index in [9.17, 15) is 0 Å². The molecule has 0 aliphatic rings. The first-order chi connectivity index (χ1) is 7.65.